The summed E-state index contributed by atoms with van der Waals surface area (Å²) in [4.78, 5) is 40.0. The summed E-state index contributed by atoms with van der Waals surface area (Å²) in [6.07, 6.45) is 0.667. The summed E-state index contributed by atoms with van der Waals surface area (Å²) in [6, 6.07) is 10.3. The maximum Gasteiger partial charge on any atom is 0.414 e. The number of benzene rings is 1. The number of halogens is 1. The number of pyridine rings is 1. The van der Waals surface area contributed by atoms with Crippen LogP contribution in [0.2, 0.25) is 4.34 Å². The number of hydrogen-bond donors (Lipinski definition) is 3. The summed E-state index contributed by atoms with van der Waals surface area (Å²) < 4.78 is 13.2. The maximum absolute atomic E-state index is 13.1. The Kier molecular flexibility index (Phi) is 9.05. The minimum Gasteiger partial charge on any atom is -0.487 e. The van der Waals surface area contributed by atoms with Crippen molar-refractivity contribution in [2.24, 2.45) is 0 Å². The van der Waals surface area contributed by atoms with E-state index in [-0.39, 0.29) is 43.5 Å². The fourth-order valence-corrected chi connectivity index (χ4v) is 5.19. The fourth-order valence-electron chi connectivity index (χ4n) is 4.23. The second-order valence-electron chi connectivity index (χ2n) is 8.73. The Balaban J connectivity index is 1.45. The minimum atomic E-state index is -0.509. The van der Waals surface area contributed by atoms with E-state index in [2.05, 4.69) is 10.6 Å². The second-order valence-corrected chi connectivity index (χ2v) is 10.4. The molecule has 1 aromatic carbocycles. The lowest BCUT2D eigenvalue weighted by atomic mass is 10.1. The number of cyclic esters (lactones) is 1. The number of aliphatic hydroxyl groups is 1. The first kappa shape index (κ1) is 27.6. The molecule has 0 spiro atoms. The molecule has 1 saturated heterocycles. The Morgan fingerprint density at radius 2 is 1.97 bits per heavy atom. The smallest absolute Gasteiger partial charge is 0.414 e. The first-order valence-corrected chi connectivity index (χ1v) is 13.3. The summed E-state index contributed by atoms with van der Waals surface area (Å²) in [5.41, 5.74) is 2.64. The van der Waals surface area contributed by atoms with Crippen molar-refractivity contribution in [2.45, 2.75) is 20.0 Å². The van der Waals surface area contributed by atoms with Crippen LogP contribution in [0.4, 0.5) is 10.5 Å². The Morgan fingerprint density at radius 3 is 2.66 bits per heavy atom. The van der Waals surface area contributed by atoms with Gasteiger partial charge >= 0.3 is 6.09 Å². The number of anilines is 1. The van der Waals surface area contributed by atoms with E-state index >= 15 is 0 Å². The van der Waals surface area contributed by atoms with Crippen LogP contribution in [0.15, 0.2) is 47.4 Å². The average molecular weight is 561 g/mol. The Bertz CT molecular complexity index is 1350. The van der Waals surface area contributed by atoms with Gasteiger partial charge in [-0.2, -0.15) is 0 Å². The highest BCUT2D eigenvalue weighted by atomic mass is 35.5. The summed E-state index contributed by atoms with van der Waals surface area (Å²) in [5.74, 6) is -0.0514. The van der Waals surface area contributed by atoms with Gasteiger partial charge in [-0.15, -0.1) is 11.3 Å². The van der Waals surface area contributed by atoms with Crippen LogP contribution in [0.25, 0.3) is 5.69 Å². The second kappa shape index (κ2) is 12.4. The number of carbonyl (C=O) groups is 2. The van der Waals surface area contributed by atoms with Crippen LogP contribution in [-0.2, 0) is 4.74 Å². The van der Waals surface area contributed by atoms with Crippen LogP contribution < -0.4 is 25.8 Å². The largest absolute Gasteiger partial charge is 0.487 e. The van der Waals surface area contributed by atoms with Crippen molar-refractivity contribution in [1.82, 2.24) is 15.2 Å². The molecule has 1 unspecified atom stereocenters. The highest BCUT2D eigenvalue weighted by Gasteiger charge is 2.33. The van der Waals surface area contributed by atoms with Crippen LogP contribution in [-0.4, -0.2) is 67.2 Å². The highest BCUT2D eigenvalue weighted by molar-refractivity contribution is 7.18. The SMILES string of the molecule is Cc1cc(N2CC(CNC(=O)c3ccc(Cl)s3)OC2=O)cc(C)c1-n1cccc(OCCNCCO)c1=O. The number of nitrogens with zero attached hydrogens (tertiary/aromatic N) is 2. The van der Waals surface area contributed by atoms with Crippen LogP contribution in [0.5, 0.6) is 5.75 Å². The molecule has 2 aromatic heterocycles. The van der Waals surface area contributed by atoms with E-state index in [1.807, 2.05) is 26.0 Å². The molecule has 3 heterocycles. The Hall–Kier alpha value is -3.38. The molecule has 38 heavy (non-hydrogen) atoms. The van der Waals surface area contributed by atoms with Gasteiger partial charge in [0, 0.05) is 25.0 Å². The predicted molar refractivity (Wildman–Crippen MR) is 146 cm³/mol. The Morgan fingerprint density at radius 1 is 1.21 bits per heavy atom. The first-order chi connectivity index (χ1) is 18.3. The third-order valence-corrected chi connectivity index (χ3v) is 7.16. The van der Waals surface area contributed by atoms with Crippen molar-refractivity contribution in [3.05, 3.63) is 73.3 Å². The van der Waals surface area contributed by atoms with Crippen LogP contribution in [0.3, 0.4) is 0 Å². The number of amides is 2. The number of thiophene rings is 1. The molecular formula is C26H29ClN4O6S. The molecule has 0 bridgehead atoms. The number of aromatic nitrogens is 1. The number of aryl methyl sites for hydroxylation is 2. The van der Waals surface area contributed by atoms with E-state index < -0.39 is 12.2 Å². The molecule has 12 heteroatoms. The zero-order valence-electron chi connectivity index (χ0n) is 21.0. The third-order valence-electron chi connectivity index (χ3n) is 5.93. The molecule has 4 rings (SSSR count). The molecule has 1 aliphatic heterocycles. The van der Waals surface area contributed by atoms with E-state index in [9.17, 15) is 14.4 Å². The van der Waals surface area contributed by atoms with Crippen molar-refractivity contribution in [2.75, 3.05) is 44.3 Å². The minimum absolute atomic E-state index is 0.0321. The normalized spacial score (nSPS) is 15.0. The molecule has 3 aromatic rings. The highest BCUT2D eigenvalue weighted by Crippen LogP contribution is 2.29. The lowest BCUT2D eigenvalue weighted by Gasteiger charge is -2.19. The van der Waals surface area contributed by atoms with Gasteiger partial charge in [-0.3, -0.25) is 19.1 Å². The lowest BCUT2D eigenvalue weighted by molar-refractivity contribution is 0.0920. The quantitative estimate of drug-likeness (QED) is 0.308. The topological polar surface area (TPSA) is 122 Å². The van der Waals surface area contributed by atoms with Crippen molar-refractivity contribution >= 4 is 40.6 Å². The van der Waals surface area contributed by atoms with E-state index in [0.717, 1.165) is 11.1 Å². The molecular weight excluding hydrogens is 532 g/mol. The van der Waals surface area contributed by atoms with Gasteiger partial charge in [0.05, 0.1) is 34.6 Å². The van der Waals surface area contributed by atoms with Gasteiger partial charge in [0.15, 0.2) is 5.75 Å². The number of nitrogens with one attached hydrogen (secondary N) is 2. The third kappa shape index (κ3) is 6.36. The summed E-state index contributed by atoms with van der Waals surface area (Å²) in [5, 5.41) is 14.6. The monoisotopic (exact) mass is 560 g/mol. The van der Waals surface area contributed by atoms with Crippen molar-refractivity contribution < 1.29 is 24.2 Å². The Labute approximate surface area is 228 Å². The van der Waals surface area contributed by atoms with E-state index in [0.29, 0.717) is 33.7 Å². The summed E-state index contributed by atoms with van der Waals surface area (Å²) >= 11 is 7.07. The van der Waals surface area contributed by atoms with Gasteiger partial charge in [-0.05, 0) is 61.4 Å². The number of rotatable bonds is 11. The van der Waals surface area contributed by atoms with Crippen molar-refractivity contribution in [3.63, 3.8) is 0 Å². The van der Waals surface area contributed by atoms with Gasteiger partial charge in [-0.1, -0.05) is 11.6 Å². The van der Waals surface area contributed by atoms with Gasteiger partial charge in [-0.25, -0.2) is 4.79 Å². The van der Waals surface area contributed by atoms with Gasteiger partial charge in [0.1, 0.15) is 12.7 Å². The van der Waals surface area contributed by atoms with Crippen LogP contribution >= 0.6 is 22.9 Å². The number of aliphatic hydroxyl groups excluding tert-OH is 1. The molecule has 1 atom stereocenters. The molecule has 2 amide bonds. The van der Waals surface area contributed by atoms with Crippen molar-refractivity contribution in [1.29, 1.82) is 0 Å². The summed E-state index contributed by atoms with van der Waals surface area (Å²) in [7, 11) is 0. The molecule has 0 radical (unpaired) electrons. The molecule has 202 valence electrons. The predicted octanol–water partition coefficient (Wildman–Crippen LogP) is 2.89. The van der Waals surface area contributed by atoms with Gasteiger partial charge < -0.3 is 25.2 Å². The molecule has 1 fully saturated rings. The number of carbonyl (C=O) groups excluding carboxylic acids is 2. The standard InChI is InChI=1S/C26H29ClN4O6S/c1-16-12-18(31-15-19(37-26(31)35)14-29-24(33)21-5-6-22(27)38-21)13-17(2)23(16)30-9-3-4-20(25(30)34)36-11-8-28-7-10-32/h3-6,9,12-13,19,28,32H,7-8,10-11,14-15H2,1-2H3,(H,29,33). The molecule has 3 N–H and O–H groups in total. The first-order valence-electron chi connectivity index (χ1n) is 12.1. The van der Waals surface area contributed by atoms with Gasteiger partial charge in [0.25, 0.3) is 11.5 Å². The number of ether oxygens (including phenoxy) is 2. The molecule has 10 nitrogen and oxygen atoms in total. The maximum atomic E-state index is 13.1. The zero-order valence-corrected chi connectivity index (χ0v) is 22.6. The lowest BCUT2D eigenvalue weighted by Crippen LogP contribution is -2.34. The van der Waals surface area contributed by atoms with E-state index in [4.69, 9.17) is 26.2 Å². The summed E-state index contributed by atoms with van der Waals surface area (Å²) in [6.45, 7) is 5.46. The molecule has 1 aliphatic rings. The number of hydrogen-bond acceptors (Lipinski definition) is 8. The fraction of sp³-hybridized carbons (Fsp3) is 0.346. The molecule has 0 aliphatic carbocycles. The van der Waals surface area contributed by atoms with E-state index in [1.54, 1.807) is 30.5 Å². The van der Waals surface area contributed by atoms with Crippen LogP contribution in [0.1, 0.15) is 20.8 Å². The zero-order chi connectivity index (χ0) is 27.2. The van der Waals surface area contributed by atoms with Crippen LogP contribution in [0, 0.1) is 13.8 Å². The van der Waals surface area contributed by atoms with E-state index in [1.165, 1.54) is 20.8 Å². The van der Waals surface area contributed by atoms with Crippen molar-refractivity contribution in [3.8, 4) is 11.4 Å². The van der Waals surface area contributed by atoms with Gasteiger partial charge in [0.2, 0.25) is 0 Å². The molecule has 0 saturated carbocycles. The average Bonchev–Trinajstić information content (AvgIpc) is 3.49.